The number of hydrogen-bond donors (Lipinski definition) is 1. The van der Waals surface area contributed by atoms with E-state index in [0.29, 0.717) is 17.3 Å². The van der Waals surface area contributed by atoms with Gasteiger partial charge in [0.25, 0.3) is 5.91 Å². The Morgan fingerprint density at radius 2 is 1.72 bits per heavy atom. The van der Waals surface area contributed by atoms with Crippen LogP contribution in [-0.4, -0.2) is 22.9 Å². The van der Waals surface area contributed by atoms with Crippen molar-refractivity contribution in [1.29, 1.82) is 0 Å². The van der Waals surface area contributed by atoms with Crippen LogP contribution >= 0.6 is 0 Å². The maximum atomic E-state index is 13.0. The van der Waals surface area contributed by atoms with E-state index < -0.39 is 0 Å². The highest BCUT2D eigenvalue weighted by molar-refractivity contribution is 6.03. The van der Waals surface area contributed by atoms with E-state index in [1.807, 2.05) is 42.3 Å². The van der Waals surface area contributed by atoms with E-state index in [9.17, 15) is 9.18 Å². The molecule has 0 aliphatic rings. The second-order valence-corrected chi connectivity index (χ2v) is 5.55. The molecule has 0 radical (unpaired) electrons. The molecule has 0 aliphatic heterocycles. The average Bonchev–Trinajstić information content (AvgIpc) is 2.63. The molecule has 0 spiro atoms. The first-order valence-electron chi connectivity index (χ1n) is 7.74. The zero-order chi connectivity index (χ0) is 17.8. The summed E-state index contributed by atoms with van der Waals surface area (Å²) in [5, 5.41) is 2.70. The second-order valence-electron chi connectivity index (χ2n) is 5.55. The van der Waals surface area contributed by atoms with Gasteiger partial charge in [-0.3, -0.25) is 4.79 Å². The van der Waals surface area contributed by atoms with E-state index in [2.05, 4.69) is 15.3 Å². The Hall–Kier alpha value is -3.28. The van der Waals surface area contributed by atoms with Crippen molar-refractivity contribution in [1.82, 2.24) is 9.97 Å². The Morgan fingerprint density at radius 3 is 2.40 bits per heavy atom. The lowest BCUT2D eigenvalue weighted by molar-refractivity contribution is 0.102. The van der Waals surface area contributed by atoms with Gasteiger partial charge in [-0.1, -0.05) is 18.2 Å². The lowest BCUT2D eigenvalue weighted by Crippen LogP contribution is -2.19. The Kier molecular flexibility index (Phi) is 4.70. The molecule has 0 bridgehead atoms. The number of anilines is 3. The Morgan fingerprint density at radius 1 is 1.04 bits per heavy atom. The lowest BCUT2D eigenvalue weighted by Gasteiger charge is -2.18. The normalized spacial score (nSPS) is 10.4. The highest BCUT2D eigenvalue weighted by Crippen LogP contribution is 2.20. The summed E-state index contributed by atoms with van der Waals surface area (Å²) in [6.07, 6.45) is 0. The number of para-hydroxylation sites is 1. The summed E-state index contributed by atoms with van der Waals surface area (Å²) in [4.78, 5) is 23.0. The van der Waals surface area contributed by atoms with Gasteiger partial charge in [0, 0.05) is 24.1 Å². The summed E-state index contributed by atoms with van der Waals surface area (Å²) in [6.45, 7) is 1.80. The number of amides is 1. The Labute approximate surface area is 145 Å². The van der Waals surface area contributed by atoms with Gasteiger partial charge in [-0.05, 0) is 49.4 Å². The first-order valence-corrected chi connectivity index (χ1v) is 7.74. The van der Waals surface area contributed by atoms with E-state index in [4.69, 9.17) is 0 Å². The van der Waals surface area contributed by atoms with Crippen LogP contribution in [0.15, 0.2) is 60.7 Å². The fraction of sp³-hybridized carbons (Fsp3) is 0.105. The smallest absolute Gasteiger partial charge is 0.274 e. The van der Waals surface area contributed by atoms with Gasteiger partial charge in [0.2, 0.25) is 5.95 Å². The fourth-order valence-corrected chi connectivity index (χ4v) is 2.31. The van der Waals surface area contributed by atoms with Gasteiger partial charge in [0.15, 0.2) is 0 Å². The Balaban J connectivity index is 1.86. The number of nitrogens with one attached hydrogen (secondary N) is 1. The predicted octanol–water partition coefficient (Wildman–Crippen LogP) is 3.94. The van der Waals surface area contributed by atoms with Crippen molar-refractivity contribution >= 4 is 23.2 Å². The molecule has 1 heterocycles. The molecule has 6 heteroatoms. The largest absolute Gasteiger partial charge is 0.321 e. The molecule has 2 aromatic carbocycles. The zero-order valence-corrected chi connectivity index (χ0v) is 13.9. The third-order valence-electron chi connectivity index (χ3n) is 3.62. The van der Waals surface area contributed by atoms with Crippen molar-refractivity contribution in [2.75, 3.05) is 17.3 Å². The molecule has 3 aromatic rings. The van der Waals surface area contributed by atoms with Crippen molar-refractivity contribution in [3.05, 3.63) is 77.9 Å². The van der Waals surface area contributed by atoms with Crippen molar-refractivity contribution in [2.45, 2.75) is 6.92 Å². The molecule has 25 heavy (non-hydrogen) atoms. The molecule has 0 saturated heterocycles. The molecule has 0 saturated carbocycles. The second kappa shape index (κ2) is 7.09. The summed E-state index contributed by atoms with van der Waals surface area (Å²) in [7, 11) is 1.84. The van der Waals surface area contributed by atoms with Crippen LogP contribution in [0.3, 0.4) is 0 Å². The highest BCUT2D eigenvalue weighted by Gasteiger charge is 2.14. The van der Waals surface area contributed by atoms with Crippen molar-refractivity contribution in [3.63, 3.8) is 0 Å². The van der Waals surface area contributed by atoms with Crippen LogP contribution < -0.4 is 10.2 Å². The van der Waals surface area contributed by atoms with Gasteiger partial charge < -0.3 is 10.2 Å². The van der Waals surface area contributed by atoms with Gasteiger partial charge in [0.05, 0.1) is 0 Å². The van der Waals surface area contributed by atoms with Crippen LogP contribution in [0.2, 0.25) is 0 Å². The molecule has 0 unspecified atom stereocenters. The number of benzene rings is 2. The number of aryl methyl sites for hydroxylation is 1. The number of carbonyl (C=O) groups excluding carboxylic acids is 1. The molecule has 0 fully saturated rings. The van der Waals surface area contributed by atoms with Crippen LogP contribution in [0, 0.1) is 12.7 Å². The predicted molar refractivity (Wildman–Crippen MR) is 95.6 cm³/mol. The molecule has 1 N–H and O–H groups in total. The average molecular weight is 336 g/mol. The maximum absolute atomic E-state index is 13.0. The molecule has 1 amide bonds. The molecule has 0 atom stereocenters. The Bertz CT molecular complexity index is 882. The van der Waals surface area contributed by atoms with E-state index in [0.717, 1.165) is 5.69 Å². The van der Waals surface area contributed by atoms with Gasteiger partial charge in [0.1, 0.15) is 11.5 Å². The summed E-state index contributed by atoms with van der Waals surface area (Å²) >= 11 is 0. The van der Waals surface area contributed by atoms with E-state index in [-0.39, 0.29) is 17.4 Å². The van der Waals surface area contributed by atoms with Crippen LogP contribution in [0.1, 0.15) is 16.2 Å². The highest BCUT2D eigenvalue weighted by atomic mass is 19.1. The number of hydrogen-bond acceptors (Lipinski definition) is 4. The molecule has 0 aliphatic carbocycles. The minimum absolute atomic E-state index is 0.245. The van der Waals surface area contributed by atoms with Crippen molar-refractivity contribution < 1.29 is 9.18 Å². The molecule has 5 nitrogen and oxygen atoms in total. The third kappa shape index (κ3) is 3.98. The molecule has 126 valence electrons. The number of halogens is 1. The third-order valence-corrected chi connectivity index (χ3v) is 3.62. The standard InChI is InChI=1S/C19H17FN4O/c1-13-12-17(18(25)22-15-10-8-14(20)9-11-15)23-19(21-13)24(2)16-6-4-3-5-7-16/h3-12H,1-2H3,(H,22,25). The first-order chi connectivity index (χ1) is 12.0. The van der Waals surface area contributed by atoms with Crippen LogP contribution in [0.25, 0.3) is 0 Å². The number of rotatable bonds is 4. The SMILES string of the molecule is Cc1cc(C(=O)Nc2ccc(F)cc2)nc(N(C)c2ccccc2)n1. The van der Waals surface area contributed by atoms with Gasteiger partial charge in [-0.15, -0.1) is 0 Å². The zero-order valence-electron chi connectivity index (χ0n) is 13.9. The summed E-state index contributed by atoms with van der Waals surface area (Å²) < 4.78 is 13.0. The number of nitrogens with zero attached hydrogens (tertiary/aromatic N) is 3. The molecule has 1 aromatic heterocycles. The van der Waals surface area contributed by atoms with Gasteiger partial charge >= 0.3 is 0 Å². The minimum Gasteiger partial charge on any atom is -0.321 e. The number of aromatic nitrogens is 2. The van der Waals surface area contributed by atoms with Crippen LogP contribution in [0.5, 0.6) is 0 Å². The van der Waals surface area contributed by atoms with E-state index in [1.54, 1.807) is 13.0 Å². The van der Waals surface area contributed by atoms with E-state index in [1.165, 1.54) is 24.3 Å². The fourth-order valence-electron chi connectivity index (χ4n) is 2.31. The maximum Gasteiger partial charge on any atom is 0.274 e. The number of carbonyl (C=O) groups is 1. The van der Waals surface area contributed by atoms with Crippen LogP contribution in [-0.2, 0) is 0 Å². The van der Waals surface area contributed by atoms with Gasteiger partial charge in [-0.25, -0.2) is 14.4 Å². The molecular weight excluding hydrogens is 319 g/mol. The topological polar surface area (TPSA) is 58.1 Å². The van der Waals surface area contributed by atoms with Gasteiger partial charge in [-0.2, -0.15) is 0 Å². The summed E-state index contributed by atoms with van der Waals surface area (Å²) in [5.74, 6) is -0.307. The molecular formula is C19H17FN4O. The minimum atomic E-state index is -0.375. The first kappa shape index (κ1) is 16.6. The lowest BCUT2D eigenvalue weighted by atomic mass is 10.2. The summed E-state index contributed by atoms with van der Waals surface area (Å²) in [5.41, 5.74) is 2.34. The van der Waals surface area contributed by atoms with Crippen molar-refractivity contribution in [3.8, 4) is 0 Å². The van der Waals surface area contributed by atoms with Crippen LogP contribution in [0.4, 0.5) is 21.7 Å². The molecule has 3 rings (SSSR count). The van der Waals surface area contributed by atoms with Crippen molar-refractivity contribution in [2.24, 2.45) is 0 Å². The monoisotopic (exact) mass is 336 g/mol. The van der Waals surface area contributed by atoms with E-state index >= 15 is 0 Å². The quantitative estimate of drug-likeness (QED) is 0.784. The summed E-state index contributed by atoms with van der Waals surface area (Å²) in [6, 6.07) is 16.8.